The van der Waals surface area contributed by atoms with Gasteiger partial charge in [0.25, 0.3) is 0 Å². The van der Waals surface area contributed by atoms with Gasteiger partial charge in [0.2, 0.25) is 0 Å². The highest BCUT2D eigenvalue weighted by atomic mass is 32.2. The van der Waals surface area contributed by atoms with Crippen molar-refractivity contribution in [3.63, 3.8) is 0 Å². The molecule has 0 spiro atoms. The van der Waals surface area contributed by atoms with E-state index in [2.05, 4.69) is 0 Å². The molecule has 0 atom stereocenters. The number of nitrogens with zero attached hydrogens (tertiary/aromatic N) is 1. The summed E-state index contributed by atoms with van der Waals surface area (Å²) in [7, 11) is 1.68. The molecule has 1 amide bonds. The van der Waals surface area contributed by atoms with Crippen LogP contribution < -0.4 is 9.47 Å². The standard InChI is InChI=1S/C16H15NO3S/c1-17(21-13-7-3-2-4-8-13)16(18)20-14-9-5-6-12-10-11-19-15(12)14/h2-9H,10-11H2,1H3. The fourth-order valence-electron chi connectivity index (χ4n) is 2.10. The van der Waals surface area contributed by atoms with E-state index in [0.29, 0.717) is 18.1 Å². The molecule has 21 heavy (non-hydrogen) atoms. The Balaban J connectivity index is 1.68. The summed E-state index contributed by atoms with van der Waals surface area (Å²) in [5.74, 6) is 1.17. The molecule has 2 aromatic rings. The summed E-state index contributed by atoms with van der Waals surface area (Å²) in [5, 5.41) is 0. The van der Waals surface area contributed by atoms with Crippen molar-refractivity contribution in [1.29, 1.82) is 0 Å². The van der Waals surface area contributed by atoms with Gasteiger partial charge in [0, 0.05) is 23.9 Å². The molecule has 0 radical (unpaired) electrons. The van der Waals surface area contributed by atoms with Gasteiger partial charge in [-0.15, -0.1) is 0 Å². The number of amides is 1. The van der Waals surface area contributed by atoms with Crippen molar-refractivity contribution < 1.29 is 14.3 Å². The second-order valence-corrected chi connectivity index (χ2v) is 5.81. The Bertz CT molecular complexity index is 645. The molecular weight excluding hydrogens is 286 g/mol. The van der Waals surface area contributed by atoms with Crippen molar-refractivity contribution in [3.8, 4) is 11.5 Å². The van der Waals surface area contributed by atoms with Crippen LogP contribution >= 0.6 is 11.9 Å². The number of hydrogen-bond acceptors (Lipinski definition) is 4. The number of hydrogen-bond donors (Lipinski definition) is 0. The van der Waals surface area contributed by atoms with Crippen molar-refractivity contribution in [2.75, 3.05) is 13.7 Å². The monoisotopic (exact) mass is 301 g/mol. The lowest BCUT2D eigenvalue weighted by atomic mass is 10.1. The Hall–Kier alpha value is -2.14. The predicted molar refractivity (Wildman–Crippen MR) is 81.7 cm³/mol. The number of fused-ring (bicyclic) bond motifs is 1. The number of rotatable bonds is 3. The van der Waals surface area contributed by atoms with Crippen molar-refractivity contribution >= 4 is 18.0 Å². The van der Waals surface area contributed by atoms with Crippen LogP contribution in [-0.2, 0) is 6.42 Å². The van der Waals surface area contributed by atoms with Crippen molar-refractivity contribution in [3.05, 3.63) is 54.1 Å². The Morgan fingerprint density at radius 1 is 1.19 bits per heavy atom. The second-order valence-electron chi connectivity index (χ2n) is 4.61. The van der Waals surface area contributed by atoms with E-state index in [1.54, 1.807) is 13.1 Å². The minimum atomic E-state index is -0.423. The summed E-state index contributed by atoms with van der Waals surface area (Å²) in [5.41, 5.74) is 1.08. The molecule has 0 aromatic heterocycles. The minimum Gasteiger partial charge on any atom is -0.489 e. The molecule has 0 saturated carbocycles. The van der Waals surface area contributed by atoms with E-state index in [1.807, 2.05) is 42.5 Å². The molecule has 0 aliphatic carbocycles. The van der Waals surface area contributed by atoms with E-state index in [4.69, 9.17) is 9.47 Å². The normalized spacial score (nSPS) is 12.4. The van der Waals surface area contributed by atoms with Crippen LogP contribution in [0.1, 0.15) is 5.56 Å². The third-order valence-electron chi connectivity index (χ3n) is 3.12. The van der Waals surface area contributed by atoms with E-state index in [-0.39, 0.29) is 0 Å². The maximum atomic E-state index is 12.1. The van der Waals surface area contributed by atoms with Gasteiger partial charge in [-0.2, -0.15) is 0 Å². The lowest BCUT2D eigenvalue weighted by Crippen LogP contribution is -2.23. The average molecular weight is 301 g/mol. The SMILES string of the molecule is CN(Sc1ccccc1)C(=O)Oc1cccc2c1OCC2. The highest BCUT2D eigenvalue weighted by Crippen LogP contribution is 2.36. The van der Waals surface area contributed by atoms with Crippen LogP contribution in [0.5, 0.6) is 11.5 Å². The van der Waals surface area contributed by atoms with Crippen molar-refractivity contribution in [2.45, 2.75) is 11.3 Å². The minimum absolute atomic E-state index is 0.423. The zero-order valence-electron chi connectivity index (χ0n) is 11.6. The number of para-hydroxylation sites is 1. The van der Waals surface area contributed by atoms with E-state index < -0.39 is 6.09 Å². The second kappa shape index (κ2) is 6.10. The van der Waals surface area contributed by atoms with Gasteiger partial charge in [0.15, 0.2) is 11.5 Å². The first-order valence-electron chi connectivity index (χ1n) is 6.67. The van der Waals surface area contributed by atoms with E-state index in [0.717, 1.165) is 16.9 Å². The highest BCUT2D eigenvalue weighted by Gasteiger charge is 2.20. The van der Waals surface area contributed by atoms with Gasteiger partial charge in [-0.1, -0.05) is 30.3 Å². The molecule has 0 fully saturated rings. The van der Waals surface area contributed by atoms with Gasteiger partial charge >= 0.3 is 6.09 Å². The average Bonchev–Trinajstić information content (AvgIpc) is 2.98. The summed E-state index contributed by atoms with van der Waals surface area (Å²) in [6, 6.07) is 15.3. The molecule has 5 heteroatoms. The third kappa shape index (κ3) is 3.13. The summed E-state index contributed by atoms with van der Waals surface area (Å²) in [6.07, 6.45) is 0.433. The Kier molecular flexibility index (Phi) is 4.01. The molecule has 0 N–H and O–H groups in total. The van der Waals surface area contributed by atoms with Gasteiger partial charge in [0.05, 0.1) is 6.61 Å². The van der Waals surface area contributed by atoms with E-state index >= 15 is 0 Å². The van der Waals surface area contributed by atoms with Crippen molar-refractivity contribution in [2.24, 2.45) is 0 Å². The Morgan fingerprint density at radius 2 is 2.00 bits per heavy atom. The van der Waals surface area contributed by atoms with Gasteiger partial charge in [-0.3, -0.25) is 0 Å². The zero-order valence-corrected chi connectivity index (χ0v) is 12.4. The van der Waals surface area contributed by atoms with Crippen LogP contribution in [0.3, 0.4) is 0 Å². The molecule has 108 valence electrons. The van der Waals surface area contributed by atoms with Gasteiger partial charge in [-0.05, 0) is 30.1 Å². The van der Waals surface area contributed by atoms with Gasteiger partial charge in [0.1, 0.15) is 0 Å². The Labute approximate surface area is 127 Å². The molecule has 0 saturated heterocycles. The van der Waals surface area contributed by atoms with Gasteiger partial charge in [-0.25, -0.2) is 9.10 Å². The third-order valence-corrected chi connectivity index (χ3v) is 4.02. The maximum Gasteiger partial charge on any atom is 0.425 e. The lowest BCUT2D eigenvalue weighted by molar-refractivity contribution is 0.185. The molecule has 1 aliphatic rings. The summed E-state index contributed by atoms with van der Waals surface area (Å²) >= 11 is 1.32. The fourth-order valence-corrected chi connectivity index (χ4v) is 2.81. The molecule has 4 nitrogen and oxygen atoms in total. The number of ether oxygens (including phenoxy) is 2. The van der Waals surface area contributed by atoms with Crippen LogP contribution in [0, 0.1) is 0 Å². The number of carbonyl (C=O) groups is 1. The van der Waals surface area contributed by atoms with E-state index in [1.165, 1.54) is 16.3 Å². The topological polar surface area (TPSA) is 38.8 Å². The van der Waals surface area contributed by atoms with Crippen molar-refractivity contribution in [1.82, 2.24) is 4.31 Å². The quantitative estimate of drug-likeness (QED) is 0.809. The van der Waals surface area contributed by atoms with Crippen LogP contribution in [0.25, 0.3) is 0 Å². The molecule has 1 aliphatic heterocycles. The Morgan fingerprint density at radius 3 is 2.81 bits per heavy atom. The van der Waals surface area contributed by atoms with Crippen LogP contribution in [0.4, 0.5) is 4.79 Å². The molecular formula is C16H15NO3S. The number of benzene rings is 2. The fraction of sp³-hybridized carbons (Fsp3) is 0.188. The molecule has 0 unspecified atom stereocenters. The summed E-state index contributed by atoms with van der Waals surface area (Å²) in [6.45, 7) is 0.637. The molecule has 3 rings (SSSR count). The summed E-state index contributed by atoms with van der Waals surface area (Å²) < 4.78 is 12.4. The first-order chi connectivity index (χ1) is 10.2. The number of carbonyl (C=O) groups excluding carboxylic acids is 1. The molecule has 2 aromatic carbocycles. The molecule has 1 heterocycles. The zero-order chi connectivity index (χ0) is 14.7. The first-order valence-corrected chi connectivity index (χ1v) is 7.44. The molecule has 0 bridgehead atoms. The smallest absolute Gasteiger partial charge is 0.425 e. The first kappa shape index (κ1) is 13.8. The van der Waals surface area contributed by atoms with E-state index in [9.17, 15) is 4.79 Å². The van der Waals surface area contributed by atoms with Crippen LogP contribution in [0.15, 0.2) is 53.4 Å². The predicted octanol–water partition coefficient (Wildman–Crippen LogP) is 3.76. The van der Waals surface area contributed by atoms with Crippen LogP contribution in [0.2, 0.25) is 0 Å². The maximum absolute atomic E-state index is 12.1. The lowest BCUT2D eigenvalue weighted by Gasteiger charge is -2.16. The van der Waals surface area contributed by atoms with Gasteiger partial charge < -0.3 is 9.47 Å². The highest BCUT2D eigenvalue weighted by molar-refractivity contribution is 7.97. The largest absolute Gasteiger partial charge is 0.489 e. The van der Waals surface area contributed by atoms with Crippen LogP contribution in [-0.4, -0.2) is 24.1 Å². The summed E-state index contributed by atoms with van der Waals surface area (Å²) in [4.78, 5) is 13.1.